The molecule has 0 bridgehead atoms. The van der Waals surface area contributed by atoms with E-state index in [-0.39, 0.29) is 37.1 Å². The maximum absolute atomic E-state index is 12.8. The van der Waals surface area contributed by atoms with E-state index in [4.69, 9.17) is 9.47 Å². The van der Waals surface area contributed by atoms with E-state index in [1.54, 1.807) is 13.8 Å². The minimum absolute atomic E-state index is 0.117. The Balaban J connectivity index is 2.21. The zero-order valence-electron chi connectivity index (χ0n) is 17.6. The predicted molar refractivity (Wildman–Crippen MR) is 115 cm³/mol. The Morgan fingerprint density at radius 2 is 1.61 bits per heavy atom. The van der Waals surface area contributed by atoms with Gasteiger partial charge in [-0.3, -0.25) is 0 Å². The number of esters is 2. The Morgan fingerprint density at radius 1 is 1.00 bits per heavy atom. The Bertz CT molecular complexity index is 991. The second-order valence-electron chi connectivity index (χ2n) is 6.87. The van der Waals surface area contributed by atoms with Crippen LogP contribution in [-0.4, -0.2) is 30.1 Å². The smallest absolute Gasteiger partial charge is 0.349 e. The molecule has 1 unspecified atom stereocenters. The van der Waals surface area contributed by atoms with Gasteiger partial charge in [0.25, 0.3) is 0 Å². The van der Waals surface area contributed by atoms with Gasteiger partial charge in [0.2, 0.25) is 0 Å². The quantitative estimate of drug-likeness (QED) is 0.315. The van der Waals surface area contributed by atoms with Crippen molar-refractivity contribution in [3.63, 3.8) is 0 Å². The van der Waals surface area contributed by atoms with E-state index in [1.807, 2.05) is 59.5 Å². The van der Waals surface area contributed by atoms with Crippen molar-refractivity contribution in [1.29, 1.82) is 5.26 Å². The van der Waals surface area contributed by atoms with Crippen LogP contribution in [0.15, 0.2) is 66.0 Å². The van der Waals surface area contributed by atoms with Crippen LogP contribution in [0.2, 0.25) is 0 Å². The summed E-state index contributed by atoms with van der Waals surface area (Å²) in [5, 5.41) is 12.8. The van der Waals surface area contributed by atoms with Gasteiger partial charge in [-0.05, 0) is 31.0 Å². The molecule has 7 nitrogen and oxygen atoms in total. The fourth-order valence-electron chi connectivity index (χ4n) is 3.59. The Morgan fingerprint density at radius 3 is 2.23 bits per heavy atom. The molecule has 1 atom stereocenters. The van der Waals surface area contributed by atoms with Gasteiger partial charge < -0.3 is 19.7 Å². The van der Waals surface area contributed by atoms with E-state index in [0.717, 1.165) is 16.8 Å². The molecule has 0 aliphatic carbocycles. The van der Waals surface area contributed by atoms with Gasteiger partial charge in [-0.25, -0.2) is 9.59 Å². The van der Waals surface area contributed by atoms with Crippen molar-refractivity contribution in [1.82, 2.24) is 4.90 Å². The molecule has 0 amide bonds. The van der Waals surface area contributed by atoms with E-state index in [2.05, 4.69) is 11.4 Å². The highest BCUT2D eigenvalue weighted by Crippen LogP contribution is 2.40. The van der Waals surface area contributed by atoms with E-state index < -0.39 is 11.9 Å². The first-order valence-corrected chi connectivity index (χ1v) is 10.2. The lowest BCUT2D eigenvalue weighted by Gasteiger charge is -2.41. The summed E-state index contributed by atoms with van der Waals surface area (Å²) >= 11 is 0. The van der Waals surface area contributed by atoms with Crippen LogP contribution >= 0.6 is 0 Å². The molecule has 0 radical (unpaired) electrons. The van der Waals surface area contributed by atoms with Crippen molar-refractivity contribution in [2.45, 2.75) is 32.9 Å². The molecule has 0 fully saturated rings. The molecule has 3 rings (SSSR count). The number of fused-ring (bicyclic) bond motifs is 1. The zero-order chi connectivity index (χ0) is 22.2. The van der Waals surface area contributed by atoms with Crippen LogP contribution in [-0.2, 0) is 25.6 Å². The van der Waals surface area contributed by atoms with E-state index in [1.165, 1.54) is 0 Å². The zero-order valence-corrected chi connectivity index (χ0v) is 17.6. The SMILES string of the molecule is CCOC(=O)C(C(=O)OCC)=C1Nc2ccccc2C(CC#N)N1Cc1ccccc1. The van der Waals surface area contributed by atoms with Crippen molar-refractivity contribution in [2.24, 2.45) is 0 Å². The molecular formula is C24H25N3O4. The molecule has 1 heterocycles. The molecule has 0 saturated carbocycles. The molecule has 0 spiro atoms. The van der Waals surface area contributed by atoms with Gasteiger partial charge in [-0.1, -0.05) is 48.5 Å². The summed E-state index contributed by atoms with van der Waals surface area (Å²) in [5.74, 6) is -1.26. The molecule has 31 heavy (non-hydrogen) atoms. The number of hydrogen-bond acceptors (Lipinski definition) is 7. The molecule has 1 aliphatic rings. The van der Waals surface area contributed by atoms with Crippen LogP contribution in [0.25, 0.3) is 0 Å². The first-order valence-electron chi connectivity index (χ1n) is 10.2. The van der Waals surface area contributed by atoms with Gasteiger partial charge in [-0.15, -0.1) is 0 Å². The molecular weight excluding hydrogens is 394 g/mol. The Kier molecular flexibility index (Phi) is 7.28. The summed E-state index contributed by atoms with van der Waals surface area (Å²) in [6.07, 6.45) is 0.175. The van der Waals surface area contributed by atoms with Crippen LogP contribution in [0, 0.1) is 11.3 Å². The highest BCUT2D eigenvalue weighted by molar-refractivity contribution is 6.15. The minimum atomic E-state index is -0.767. The van der Waals surface area contributed by atoms with E-state index in [9.17, 15) is 14.9 Å². The van der Waals surface area contributed by atoms with Crippen LogP contribution < -0.4 is 5.32 Å². The molecule has 1 aliphatic heterocycles. The summed E-state index contributed by atoms with van der Waals surface area (Å²) < 4.78 is 10.4. The van der Waals surface area contributed by atoms with E-state index in [0.29, 0.717) is 6.54 Å². The highest BCUT2D eigenvalue weighted by atomic mass is 16.6. The summed E-state index contributed by atoms with van der Waals surface area (Å²) in [7, 11) is 0. The first-order chi connectivity index (χ1) is 15.1. The minimum Gasteiger partial charge on any atom is -0.462 e. The molecule has 0 aromatic heterocycles. The van der Waals surface area contributed by atoms with Crippen LogP contribution in [0.1, 0.15) is 37.4 Å². The lowest BCUT2D eigenvalue weighted by atomic mass is 9.96. The van der Waals surface area contributed by atoms with Crippen molar-refractivity contribution in [2.75, 3.05) is 18.5 Å². The van der Waals surface area contributed by atoms with Crippen molar-refractivity contribution in [3.05, 3.63) is 77.1 Å². The molecule has 1 N–H and O–H groups in total. The number of carbonyl (C=O) groups is 2. The molecule has 2 aromatic rings. The number of carbonyl (C=O) groups excluding carboxylic acids is 2. The maximum Gasteiger partial charge on any atom is 0.349 e. The number of para-hydroxylation sites is 1. The summed E-state index contributed by atoms with van der Waals surface area (Å²) in [6, 6.07) is 19.1. The monoisotopic (exact) mass is 419 g/mol. The Hall–Kier alpha value is -3.79. The summed E-state index contributed by atoms with van der Waals surface area (Å²) in [6.45, 7) is 3.97. The highest BCUT2D eigenvalue weighted by Gasteiger charge is 2.36. The first kappa shape index (κ1) is 21.9. The lowest BCUT2D eigenvalue weighted by molar-refractivity contribution is -0.146. The second kappa shape index (κ2) is 10.3. The third-order valence-electron chi connectivity index (χ3n) is 4.91. The molecule has 2 aromatic carbocycles. The van der Waals surface area contributed by atoms with Crippen molar-refractivity contribution in [3.8, 4) is 6.07 Å². The average molecular weight is 419 g/mol. The predicted octanol–water partition coefficient (Wildman–Crippen LogP) is 3.91. The third kappa shape index (κ3) is 4.86. The fourth-order valence-corrected chi connectivity index (χ4v) is 3.59. The van der Waals surface area contributed by atoms with Crippen molar-refractivity contribution >= 4 is 17.6 Å². The van der Waals surface area contributed by atoms with Crippen LogP contribution in [0.3, 0.4) is 0 Å². The number of hydrogen-bond donors (Lipinski definition) is 1. The van der Waals surface area contributed by atoms with Crippen LogP contribution in [0.4, 0.5) is 5.69 Å². The number of benzene rings is 2. The number of nitrogens with zero attached hydrogens (tertiary/aromatic N) is 2. The van der Waals surface area contributed by atoms with Crippen molar-refractivity contribution < 1.29 is 19.1 Å². The fraction of sp³-hybridized carbons (Fsp3) is 0.292. The number of anilines is 1. The van der Waals surface area contributed by atoms with Gasteiger partial charge >= 0.3 is 11.9 Å². The van der Waals surface area contributed by atoms with Gasteiger partial charge in [0.1, 0.15) is 5.82 Å². The van der Waals surface area contributed by atoms with Gasteiger partial charge in [-0.2, -0.15) is 5.26 Å². The Labute approximate surface area is 181 Å². The lowest BCUT2D eigenvalue weighted by Crippen LogP contribution is -2.39. The second-order valence-corrected chi connectivity index (χ2v) is 6.87. The summed E-state index contributed by atoms with van der Waals surface area (Å²) in [4.78, 5) is 27.5. The maximum atomic E-state index is 12.8. The number of nitriles is 1. The van der Waals surface area contributed by atoms with Gasteiger partial charge in [0.05, 0.1) is 31.7 Å². The van der Waals surface area contributed by atoms with Gasteiger partial charge in [0.15, 0.2) is 5.57 Å². The van der Waals surface area contributed by atoms with Gasteiger partial charge in [0, 0.05) is 12.2 Å². The number of ether oxygens (including phenoxy) is 2. The molecule has 7 heteroatoms. The average Bonchev–Trinajstić information content (AvgIpc) is 2.77. The number of nitrogens with one attached hydrogen (secondary N) is 1. The molecule has 0 saturated heterocycles. The number of rotatable bonds is 7. The molecule has 160 valence electrons. The summed E-state index contributed by atoms with van der Waals surface area (Å²) in [5.41, 5.74) is 2.40. The standard InChI is InChI=1S/C24H25N3O4/c1-3-30-23(28)21(24(29)31-4-2)22-26-19-13-9-8-12-18(19)20(14-15-25)27(22)16-17-10-6-5-7-11-17/h5-13,20,26H,3-4,14,16H2,1-2H3. The van der Waals surface area contributed by atoms with E-state index >= 15 is 0 Å². The third-order valence-corrected chi connectivity index (χ3v) is 4.91. The topological polar surface area (TPSA) is 91.7 Å². The normalized spacial score (nSPS) is 14.7. The largest absolute Gasteiger partial charge is 0.462 e. The van der Waals surface area contributed by atoms with Crippen LogP contribution in [0.5, 0.6) is 0 Å².